The van der Waals surface area contributed by atoms with Crippen molar-refractivity contribution in [3.63, 3.8) is 0 Å². The minimum absolute atomic E-state index is 0.120. The summed E-state index contributed by atoms with van der Waals surface area (Å²) in [5.74, 6) is -0.481. The number of imidazole rings is 1. The first-order valence-corrected chi connectivity index (χ1v) is 8.12. The van der Waals surface area contributed by atoms with Crippen molar-refractivity contribution in [2.24, 2.45) is 5.73 Å². The van der Waals surface area contributed by atoms with E-state index in [4.69, 9.17) is 16.2 Å². The molecule has 0 aliphatic heterocycles. The van der Waals surface area contributed by atoms with Gasteiger partial charge in [-0.3, -0.25) is 9.20 Å². The maximum atomic E-state index is 13.8. The van der Waals surface area contributed by atoms with Crippen molar-refractivity contribution in [2.45, 2.75) is 0 Å². The van der Waals surface area contributed by atoms with Crippen LogP contribution in [0.15, 0.2) is 67.0 Å². The van der Waals surface area contributed by atoms with Crippen molar-refractivity contribution in [1.82, 2.24) is 9.38 Å². The third kappa shape index (κ3) is 3.06. The summed E-state index contributed by atoms with van der Waals surface area (Å²) >= 11 is 0. The number of para-hydroxylation sites is 1. The second kappa shape index (κ2) is 6.45. The van der Waals surface area contributed by atoms with Crippen LogP contribution in [-0.4, -0.2) is 15.3 Å². The number of anilines is 1. The molecule has 2 heterocycles. The summed E-state index contributed by atoms with van der Waals surface area (Å²) in [4.78, 5) is 15.7. The number of pyridine rings is 1. The van der Waals surface area contributed by atoms with Gasteiger partial charge in [0.25, 0.3) is 5.91 Å². The van der Waals surface area contributed by atoms with E-state index in [2.05, 4.69) is 4.98 Å². The van der Waals surface area contributed by atoms with E-state index in [0.717, 1.165) is 5.56 Å². The molecule has 2 aromatic heterocycles. The second-order valence-corrected chi connectivity index (χ2v) is 5.94. The van der Waals surface area contributed by atoms with E-state index in [0.29, 0.717) is 22.6 Å². The van der Waals surface area contributed by atoms with E-state index in [-0.39, 0.29) is 11.4 Å². The number of fused-ring (bicyclic) bond motifs is 1. The van der Waals surface area contributed by atoms with Crippen LogP contribution < -0.4 is 16.2 Å². The zero-order valence-corrected chi connectivity index (χ0v) is 14.1. The average Bonchev–Trinajstić information content (AvgIpc) is 3.08. The molecular weight excluding hydrogens is 347 g/mol. The Bertz CT molecular complexity index is 1170. The van der Waals surface area contributed by atoms with Crippen LogP contribution in [0, 0.1) is 5.82 Å². The number of nitrogens with zero attached hydrogens (tertiary/aromatic N) is 2. The number of aromatic nitrogens is 2. The van der Waals surface area contributed by atoms with E-state index < -0.39 is 11.7 Å². The monoisotopic (exact) mass is 362 g/mol. The summed E-state index contributed by atoms with van der Waals surface area (Å²) in [5.41, 5.74) is 14.3. The Kier molecular flexibility index (Phi) is 3.97. The number of nitrogen functional groups attached to an aromatic ring is 1. The molecule has 0 fully saturated rings. The quantitative estimate of drug-likeness (QED) is 0.542. The van der Waals surface area contributed by atoms with Gasteiger partial charge in [0.2, 0.25) is 0 Å². The Labute approximate surface area is 153 Å². The fourth-order valence-corrected chi connectivity index (χ4v) is 2.83. The highest BCUT2D eigenvalue weighted by molar-refractivity contribution is 5.92. The van der Waals surface area contributed by atoms with Gasteiger partial charge in [0.05, 0.1) is 6.20 Å². The van der Waals surface area contributed by atoms with Gasteiger partial charge in [-0.25, -0.2) is 9.37 Å². The van der Waals surface area contributed by atoms with Crippen LogP contribution in [0.5, 0.6) is 11.5 Å². The lowest BCUT2D eigenvalue weighted by Gasteiger charge is -2.11. The Morgan fingerprint density at radius 1 is 1.11 bits per heavy atom. The standard InChI is InChI=1S/C20H15FN4O2/c21-15-3-1-2-4-18(15)27-13-6-7-16(22)14(9-13)12-5-8-19-24-10-17(20(23)26)25(19)11-12/h1-11H,22H2,(H2,23,26). The minimum atomic E-state index is -0.579. The third-order valence-electron chi connectivity index (χ3n) is 4.16. The summed E-state index contributed by atoms with van der Waals surface area (Å²) in [7, 11) is 0. The number of hydrogen-bond donors (Lipinski definition) is 2. The van der Waals surface area contributed by atoms with Gasteiger partial charge in [0.15, 0.2) is 11.6 Å². The van der Waals surface area contributed by atoms with Gasteiger partial charge in [-0.1, -0.05) is 12.1 Å². The molecule has 27 heavy (non-hydrogen) atoms. The maximum absolute atomic E-state index is 13.8. The summed E-state index contributed by atoms with van der Waals surface area (Å²) in [5, 5.41) is 0. The molecule has 0 atom stereocenters. The molecule has 7 heteroatoms. The number of amides is 1. The minimum Gasteiger partial charge on any atom is -0.454 e. The molecule has 2 aromatic carbocycles. The van der Waals surface area contributed by atoms with Gasteiger partial charge in [0, 0.05) is 23.0 Å². The zero-order valence-electron chi connectivity index (χ0n) is 14.1. The highest BCUT2D eigenvalue weighted by atomic mass is 19.1. The van der Waals surface area contributed by atoms with E-state index in [9.17, 15) is 9.18 Å². The molecule has 0 saturated carbocycles. The number of hydrogen-bond acceptors (Lipinski definition) is 4. The smallest absolute Gasteiger partial charge is 0.267 e. The van der Waals surface area contributed by atoms with Crippen LogP contribution in [0.2, 0.25) is 0 Å². The van der Waals surface area contributed by atoms with E-state index in [1.807, 2.05) is 6.07 Å². The van der Waals surface area contributed by atoms with Crippen LogP contribution in [0.1, 0.15) is 10.5 Å². The van der Waals surface area contributed by atoms with Gasteiger partial charge < -0.3 is 16.2 Å². The number of ether oxygens (including phenoxy) is 1. The molecule has 0 aliphatic rings. The molecular formula is C20H15FN4O2. The highest BCUT2D eigenvalue weighted by Crippen LogP contribution is 2.33. The molecule has 0 bridgehead atoms. The molecule has 0 spiro atoms. The zero-order chi connectivity index (χ0) is 19.0. The SMILES string of the molecule is NC(=O)c1cnc2ccc(-c3cc(Oc4ccccc4F)ccc3N)cn12. The number of carbonyl (C=O) groups excluding carboxylic acids is 1. The first-order valence-electron chi connectivity index (χ1n) is 8.12. The molecule has 134 valence electrons. The molecule has 0 saturated heterocycles. The lowest BCUT2D eigenvalue weighted by Crippen LogP contribution is -2.13. The number of rotatable bonds is 4. The first-order chi connectivity index (χ1) is 13.0. The summed E-state index contributed by atoms with van der Waals surface area (Å²) < 4.78 is 21.1. The van der Waals surface area contributed by atoms with Crippen molar-refractivity contribution < 1.29 is 13.9 Å². The lowest BCUT2D eigenvalue weighted by molar-refractivity contribution is 0.0995. The predicted octanol–water partition coefficient (Wildman–Crippen LogP) is 3.61. The third-order valence-corrected chi connectivity index (χ3v) is 4.16. The van der Waals surface area contributed by atoms with Crippen LogP contribution in [0.3, 0.4) is 0 Å². The van der Waals surface area contributed by atoms with Crippen LogP contribution >= 0.6 is 0 Å². The molecule has 0 unspecified atom stereocenters. The fourth-order valence-electron chi connectivity index (χ4n) is 2.83. The van der Waals surface area contributed by atoms with Gasteiger partial charge in [-0.2, -0.15) is 0 Å². The number of primary amides is 1. The normalized spacial score (nSPS) is 10.9. The van der Waals surface area contributed by atoms with Crippen molar-refractivity contribution in [1.29, 1.82) is 0 Å². The molecule has 4 aromatic rings. The van der Waals surface area contributed by atoms with Crippen LogP contribution in [0.4, 0.5) is 10.1 Å². The highest BCUT2D eigenvalue weighted by Gasteiger charge is 2.12. The molecule has 0 aliphatic carbocycles. The number of nitrogens with two attached hydrogens (primary N) is 2. The van der Waals surface area contributed by atoms with Crippen molar-refractivity contribution >= 4 is 17.2 Å². The Balaban J connectivity index is 1.77. The number of halogens is 1. The van der Waals surface area contributed by atoms with Crippen molar-refractivity contribution in [3.05, 3.63) is 78.5 Å². The van der Waals surface area contributed by atoms with E-state index >= 15 is 0 Å². The molecule has 1 amide bonds. The number of benzene rings is 2. The first kappa shape index (κ1) is 16.6. The summed E-state index contributed by atoms with van der Waals surface area (Å²) in [6, 6.07) is 14.8. The molecule has 6 nitrogen and oxygen atoms in total. The van der Waals surface area contributed by atoms with E-state index in [1.54, 1.807) is 53.1 Å². The van der Waals surface area contributed by atoms with Gasteiger partial charge >= 0.3 is 0 Å². The van der Waals surface area contributed by atoms with Gasteiger partial charge in [0.1, 0.15) is 17.1 Å². The van der Waals surface area contributed by atoms with Crippen molar-refractivity contribution in [3.8, 4) is 22.6 Å². The molecule has 4 rings (SSSR count). The predicted molar refractivity (Wildman–Crippen MR) is 100 cm³/mol. The maximum Gasteiger partial charge on any atom is 0.267 e. The Hall–Kier alpha value is -3.87. The van der Waals surface area contributed by atoms with Gasteiger partial charge in [-0.05, 0) is 42.5 Å². The summed E-state index contributed by atoms with van der Waals surface area (Å²) in [6.07, 6.45) is 3.14. The Morgan fingerprint density at radius 3 is 2.70 bits per heavy atom. The van der Waals surface area contributed by atoms with Crippen LogP contribution in [0.25, 0.3) is 16.8 Å². The number of carbonyl (C=O) groups is 1. The van der Waals surface area contributed by atoms with Crippen molar-refractivity contribution in [2.75, 3.05) is 5.73 Å². The lowest BCUT2D eigenvalue weighted by atomic mass is 10.1. The largest absolute Gasteiger partial charge is 0.454 e. The Morgan fingerprint density at radius 2 is 1.93 bits per heavy atom. The summed E-state index contributed by atoms with van der Waals surface area (Å²) in [6.45, 7) is 0. The van der Waals surface area contributed by atoms with E-state index in [1.165, 1.54) is 12.3 Å². The van der Waals surface area contributed by atoms with Crippen LogP contribution in [-0.2, 0) is 0 Å². The fraction of sp³-hybridized carbons (Fsp3) is 0. The molecule has 0 radical (unpaired) electrons. The molecule has 4 N–H and O–H groups in total. The topological polar surface area (TPSA) is 95.6 Å². The van der Waals surface area contributed by atoms with Gasteiger partial charge in [-0.15, -0.1) is 0 Å². The second-order valence-electron chi connectivity index (χ2n) is 5.94. The average molecular weight is 362 g/mol.